The molecule has 4 nitrogen and oxygen atoms in total. The SMILES string of the molecule is COCc1nc(Cl)cc(NCC2CCC2)n1. The first-order valence-corrected chi connectivity index (χ1v) is 5.92. The van der Waals surface area contributed by atoms with Crippen LogP contribution in [0, 0.1) is 5.92 Å². The zero-order valence-corrected chi connectivity index (χ0v) is 10.1. The molecule has 0 spiro atoms. The van der Waals surface area contributed by atoms with Crippen molar-refractivity contribution in [2.24, 2.45) is 5.92 Å². The molecule has 5 heteroatoms. The van der Waals surface area contributed by atoms with Gasteiger partial charge in [0.25, 0.3) is 0 Å². The highest BCUT2D eigenvalue weighted by atomic mass is 35.5. The van der Waals surface area contributed by atoms with Crippen molar-refractivity contribution < 1.29 is 4.74 Å². The van der Waals surface area contributed by atoms with Crippen molar-refractivity contribution in [1.29, 1.82) is 0 Å². The third-order valence-electron chi connectivity index (χ3n) is 2.81. The molecule has 1 aliphatic carbocycles. The Morgan fingerprint density at radius 2 is 2.31 bits per heavy atom. The summed E-state index contributed by atoms with van der Waals surface area (Å²) in [6, 6.07) is 1.75. The van der Waals surface area contributed by atoms with E-state index in [1.807, 2.05) is 0 Å². The predicted octanol–water partition coefficient (Wildman–Crippen LogP) is 2.49. The van der Waals surface area contributed by atoms with E-state index in [-0.39, 0.29) is 0 Å². The average Bonchev–Trinajstić information content (AvgIpc) is 2.14. The highest BCUT2D eigenvalue weighted by molar-refractivity contribution is 6.29. The van der Waals surface area contributed by atoms with Crippen LogP contribution in [0.3, 0.4) is 0 Å². The van der Waals surface area contributed by atoms with E-state index in [4.69, 9.17) is 16.3 Å². The molecule has 1 fully saturated rings. The third kappa shape index (κ3) is 3.06. The fourth-order valence-electron chi connectivity index (χ4n) is 1.69. The van der Waals surface area contributed by atoms with Gasteiger partial charge in [0.1, 0.15) is 17.6 Å². The van der Waals surface area contributed by atoms with Crippen molar-refractivity contribution >= 4 is 17.4 Å². The van der Waals surface area contributed by atoms with E-state index in [1.54, 1.807) is 13.2 Å². The standard InChI is InChI=1S/C11H16ClN3O/c1-16-7-11-14-9(12)5-10(15-11)13-6-8-3-2-4-8/h5,8H,2-4,6-7H2,1H3,(H,13,14,15). The van der Waals surface area contributed by atoms with Gasteiger partial charge in [0, 0.05) is 19.7 Å². The zero-order chi connectivity index (χ0) is 11.4. The molecule has 1 aliphatic rings. The van der Waals surface area contributed by atoms with Gasteiger partial charge in [0.15, 0.2) is 5.82 Å². The van der Waals surface area contributed by atoms with Crippen LogP contribution < -0.4 is 5.32 Å². The van der Waals surface area contributed by atoms with Gasteiger partial charge in [-0.2, -0.15) is 0 Å². The molecule has 0 radical (unpaired) electrons. The first kappa shape index (κ1) is 11.6. The summed E-state index contributed by atoms with van der Waals surface area (Å²) in [7, 11) is 1.62. The summed E-state index contributed by atoms with van der Waals surface area (Å²) in [5, 5.41) is 3.75. The van der Waals surface area contributed by atoms with Crippen molar-refractivity contribution in [1.82, 2.24) is 9.97 Å². The molecule has 88 valence electrons. The van der Waals surface area contributed by atoms with Crippen molar-refractivity contribution in [2.75, 3.05) is 19.0 Å². The number of halogens is 1. The number of ether oxygens (including phenoxy) is 1. The quantitative estimate of drug-likeness (QED) is 0.805. The van der Waals surface area contributed by atoms with Gasteiger partial charge in [-0.15, -0.1) is 0 Å². The summed E-state index contributed by atoms with van der Waals surface area (Å²) in [4.78, 5) is 8.40. The zero-order valence-electron chi connectivity index (χ0n) is 9.37. The lowest BCUT2D eigenvalue weighted by atomic mass is 9.85. The molecule has 0 saturated heterocycles. The summed E-state index contributed by atoms with van der Waals surface area (Å²) in [5.41, 5.74) is 0. The maximum Gasteiger partial charge on any atom is 0.158 e. The molecule has 0 aliphatic heterocycles. The summed E-state index contributed by atoms with van der Waals surface area (Å²) in [5.74, 6) is 2.20. The highest BCUT2D eigenvalue weighted by Gasteiger charge is 2.17. The monoisotopic (exact) mass is 241 g/mol. The third-order valence-corrected chi connectivity index (χ3v) is 3.00. The van der Waals surface area contributed by atoms with Crippen molar-refractivity contribution in [3.63, 3.8) is 0 Å². The Morgan fingerprint density at radius 3 is 2.94 bits per heavy atom. The van der Waals surface area contributed by atoms with Gasteiger partial charge in [0.2, 0.25) is 0 Å². The molecule has 0 amide bonds. The number of nitrogens with zero attached hydrogens (tertiary/aromatic N) is 2. The second-order valence-electron chi connectivity index (χ2n) is 4.10. The Morgan fingerprint density at radius 1 is 1.50 bits per heavy atom. The second-order valence-corrected chi connectivity index (χ2v) is 4.49. The van der Waals surface area contributed by atoms with Gasteiger partial charge in [-0.05, 0) is 18.8 Å². The number of aromatic nitrogens is 2. The topological polar surface area (TPSA) is 47.0 Å². The predicted molar refractivity (Wildman–Crippen MR) is 63.6 cm³/mol. The largest absolute Gasteiger partial charge is 0.377 e. The minimum absolute atomic E-state index is 0.388. The lowest BCUT2D eigenvalue weighted by molar-refractivity contribution is 0.178. The first-order valence-electron chi connectivity index (χ1n) is 5.54. The van der Waals surface area contributed by atoms with Crippen LogP contribution in [0.25, 0.3) is 0 Å². The number of anilines is 1. The molecule has 2 rings (SSSR count). The molecule has 0 bridgehead atoms. The van der Waals surface area contributed by atoms with Crippen molar-refractivity contribution in [2.45, 2.75) is 25.9 Å². The van der Waals surface area contributed by atoms with Crippen LogP contribution in [0.4, 0.5) is 5.82 Å². The Bertz CT molecular complexity index is 355. The molecule has 0 aromatic carbocycles. The Kier molecular flexibility index (Phi) is 3.96. The number of nitrogens with one attached hydrogen (secondary N) is 1. The van der Waals surface area contributed by atoms with Crippen molar-refractivity contribution in [3.8, 4) is 0 Å². The van der Waals surface area contributed by atoms with Crippen LogP contribution >= 0.6 is 11.6 Å². The average molecular weight is 242 g/mol. The Balaban J connectivity index is 1.95. The molecular formula is C11H16ClN3O. The fraction of sp³-hybridized carbons (Fsp3) is 0.636. The van der Waals surface area contributed by atoms with Gasteiger partial charge >= 0.3 is 0 Å². The molecule has 1 aromatic rings. The summed E-state index contributed by atoms with van der Waals surface area (Å²) < 4.78 is 4.98. The van der Waals surface area contributed by atoms with Crippen LogP contribution in [0.15, 0.2) is 6.07 Å². The van der Waals surface area contributed by atoms with Crippen LogP contribution in [0.2, 0.25) is 5.15 Å². The van der Waals surface area contributed by atoms with Gasteiger partial charge in [-0.25, -0.2) is 9.97 Å². The first-order chi connectivity index (χ1) is 7.78. The van der Waals surface area contributed by atoms with E-state index in [0.717, 1.165) is 18.3 Å². The lowest BCUT2D eigenvalue weighted by Crippen LogP contribution is -2.21. The molecule has 1 aromatic heterocycles. The normalized spacial score (nSPS) is 15.9. The molecule has 1 saturated carbocycles. The lowest BCUT2D eigenvalue weighted by Gasteiger charge is -2.25. The van der Waals surface area contributed by atoms with E-state index < -0.39 is 0 Å². The Labute approximate surface area is 100 Å². The van der Waals surface area contributed by atoms with Gasteiger partial charge < -0.3 is 10.1 Å². The maximum atomic E-state index is 5.90. The van der Waals surface area contributed by atoms with Crippen LogP contribution in [-0.2, 0) is 11.3 Å². The number of rotatable bonds is 5. The van der Waals surface area contributed by atoms with E-state index in [1.165, 1.54) is 19.3 Å². The minimum atomic E-state index is 0.388. The molecule has 1 N–H and O–H groups in total. The fourth-order valence-corrected chi connectivity index (χ4v) is 1.90. The minimum Gasteiger partial charge on any atom is -0.377 e. The smallest absolute Gasteiger partial charge is 0.158 e. The maximum absolute atomic E-state index is 5.90. The second kappa shape index (κ2) is 5.46. The summed E-state index contributed by atoms with van der Waals surface area (Å²) in [6.45, 7) is 1.36. The summed E-state index contributed by atoms with van der Waals surface area (Å²) >= 11 is 5.90. The Hall–Kier alpha value is -0.870. The van der Waals surface area contributed by atoms with E-state index in [2.05, 4.69) is 15.3 Å². The number of hydrogen-bond acceptors (Lipinski definition) is 4. The summed E-state index contributed by atoms with van der Waals surface area (Å²) in [6.07, 6.45) is 3.99. The van der Waals surface area contributed by atoms with E-state index >= 15 is 0 Å². The van der Waals surface area contributed by atoms with Gasteiger partial charge in [-0.3, -0.25) is 0 Å². The molecule has 1 heterocycles. The van der Waals surface area contributed by atoms with E-state index in [0.29, 0.717) is 17.6 Å². The van der Waals surface area contributed by atoms with Gasteiger partial charge in [0.05, 0.1) is 0 Å². The molecule has 0 unspecified atom stereocenters. The molecule has 16 heavy (non-hydrogen) atoms. The van der Waals surface area contributed by atoms with Crippen LogP contribution in [0.1, 0.15) is 25.1 Å². The van der Waals surface area contributed by atoms with E-state index in [9.17, 15) is 0 Å². The molecule has 0 atom stereocenters. The van der Waals surface area contributed by atoms with Crippen molar-refractivity contribution in [3.05, 3.63) is 17.0 Å². The highest BCUT2D eigenvalue weighted by Crippen LogP contribution is 2.26. The van der Waals surface area contributed by atoms with Gasteiger partial charge in [-0.1, -0.05) is 18.0 Å². The molecular weight excluding hydrogens is 226 g/mol. The number of hydrogen-bond donors (Lipinski definition) is 1. The van der Waals surface area contributed by atoms with Crippen LogP contribution in [0.5, 0.6) is 0 Å². The van der Waals surface area contributed by atoms with Crippen LogP contribution in [-0.4, -0.2) is 23.6 Å². The number of methoxy groups -OCH3 is 1.